The molecule has 1 saturated heterocycles. The minimum Gasteiger partial charge on any atom is -0.325 e. The number of benzene rings is 3. The number of carbonyl (C=O) groups is 2. The zero-order valence-electron chi connectivity index (χ0n) is 18.1. The maximum absolute atomic E-state index is 13.0. The van der Waals surface area contributed by atoms with Crippen molar-refractivity contribution in [3.8, 4) is 0 Å². The predicted molar refractivity (Wildman–Crippen MR) is 136 cm³/mol. The van der Waals surface area contributed by atoms with Gasteiger partial charge in [0.15, 0.2) is 5.78 Å². The highest BCUT2D eigenvalue weighted by Gasteiger charge is 2.32. The van der Waals surface area contributed by atoms with Crippen LogP contribution in [-0.4, -0.2) is 37.5 Å². The van der Waals surface area contributed by atoms with Gasteiger partial charge in [0, 0.05) is 39.6 Å². The van der Waals surface area contributed by atoms with Crippen molar-refractivity contribution in [2.45, 2.75) is 17.7 Å². The molecule has 9 heteroatoms. The van der Waals surface area contributed by atoms with Crippen LogP contribution in [0.3, 0.4) is 0 Å². The number of nitrogens with zero attached hydrogens (tertiary/aromatic N) is 1. The highest BCUT2D eigenvalue weighted by molar-refractivity contribution is 9.10. The van der Waals surface area contributed by atoms with Crippen LogP contribution in [0.1, 0.15) is 28.8 Å². The standard InChI is InChI=1S/C25H22BrClN2O4S/c26-19-6-9-21(10-7-19)34(32,33)29-14-12-18(13-15-29)25(31)28-23-11-8-20(27)16-22(23)24(30)17-4-2-1-3-5-17/h1-11,16,18H,12-15H2,(H,28,31). The van der Waals surface area contributed by atoms with Crippen LogP contribution >= 0.6 is 27.5 Å². The lowest BCUT2D eigenvalue weighted by molar-refractivity contribution is -0.120. The maximum Gasteiger partial charge on any atom is 0.243 e. The Balaban J connectivity index is 1.45. The summed E-state index contributed by atoms with van der Waals surface area (Å²) in [6.45, 7) is 0.486. The fourth-order valence-electron chi connectivity index (χ4n) is 3.91. The van der Waals surface area contributed by atoms with E-state index in [-0.39, 0.29) is 35.6 Å². The minimum atomic E-state index is -3.62. The summed E-state index contributed by atoms with van der Waals surface area (Å²) in [6.07, 6.45) is 0.772. The summed E-state index contributed by atoms with van der Waals surface area (Å²) in [6, 6.07) is 20.0. The van der Waals surface area contributed by atoms with Gasteiger partial charge in [0.1, 0.15) is 0 Å². The summed E-state index contributed by atoms with van der Waals surface area (Å²) >= 11 is 9.43. The second-order valence-electron chi connectivity index (χ2n) is 8.01. The molecule has 0 spiro atoms. The molecule has 1 N–H and O–H groups in total. The van der Waals surface area contributed by atoms with Gasteiger partial charge >= 0.3 is 0 Å². The Morgan fingerprint density at radius 2 is 1.59 bits per heavy atom. The Hall–Kier alpha value is -2.52. The van der Waals surface area contributed by atoms with Gasteiger partial charge in [-0.15, -0.1) is 0 Å². The summed E-state index contributed by atoms with van der Waals surface area (Å²) in [5.74, 6) is -0.856. The molecule has 0 bridgehead atoms. The van der Waals surface area contributed by atoms with Crippen LogP contribution < -0.4 is 5.32 Å². The van der Waals surface area contributed by atoms with Crippen LogP contribution in [0, 0.1) is 5.92 Å². The van der Waals surface area contributed by atoms with E-state index in [0.717, 1.165) is 4.47 Å². The van der Waals surface area contributed by atoms with Gasteiger partial charge in [-0.1, -0.05) is 57.9 Å². The number of piperidine rings is 1. The van der Waals surface area contributed by atoms with Gasteiger partial charge in [0.05, 0.1) is 10.6 Å². The first kappa shape index (κ1) is 24.6. The summed E-state index contributed by atoms with van der Waals surface area (Å²) in [4.78, 5) is 26.2. The topological polar surface area (TPSA) is 83.6 Å². The van der Waals surface area contributed by atoms with Crippen LogP contribution in [0.25, 0.3) is 0 Å². The first-order valence-corrected chi connectivity index (χ1v) is 13.3. The monoisotopic (exact) mass is 560 g/mol. The van der Waals surface area contributed by atoms with E-state index in [0.29, 0.717) is 34.7 Å². The van der Waals surface area contributed by atoms with E-state index in [1.54, 1.807) is 66.7 Å². The summed E-state index contributed by atoms with van der Waals surface area (Å²) in [7, 11) is -3.62. The van der Waals surface area contributed by atoms with E-state index in [4.69, 9.17) is 11.6 Å². The number of nitrogens with one attached hydrogen (secondary N) is 1. The summed E-state index contributed by atoms with van der Waals surface area (Å²) < 4.78 is 28.0. The van der Waals surface area contributed by atoms with E-state index in [2.05, 4.69) is 21.2 Å². The Morgan fingerprint density at radius 1 is 0.941 bits per heavy atom. The van der Waals surface area contributed by atoms with E-state index in [1.807, 2.05) is 6.07 Å². The third-order valence-corrected chi connectivity index (χ3v) is 8.47. The van der Waals surface area contributed by atoms with E-state index >= 15 is 0 Å². The molecule has 6 nitrogen and oxygen atoms in total. The van der Waals surface area contributed by atoms with Crippen molar-refractivity contribution in [3.63, 3.8) is 0 Å². The highest BCUT2D eigenvalue weighted by Crippen LogP contribution is 2.28. The molecule has 0 saturated carbocycles. The Labute approximate surface area is 212 Å². The van der Waals surface area contributed by atoms with E-state index < -0.39 is 10.0 Å². The Kier molecular flexibility index (Phi) is 7.52. The molecule has 0 atom stereocenters. The number of hydrogen-bond donors (Lipinski definition) is 1. The van der Waals surface area contributed by atoms with Gasteiger partial charge in [-0.05, 0) is 55.3 Å². The first-order chi connectivity index (χ1) is 16.3. The molecule has 1 aliphatic heterocycles. The van der Waals surface area contributed by atoms with Crippen LogP contribution in [0.2, 0.25) is 5.02 Å². The molecule has 1 aliphatic rings. The number of sulfonamides is 1. The van der Waals surface area contributed by atoms with Crippen molar-refractivity contribution in [1.82, 2.24) is 4.31 Å². The van der Waals surface area contributed by atoms with E-state index in [9.17, 15) is 18.0 Å². The Bertz CT molecular complexity index is 1310. The van der Waals surface area contributed by atoms with Crippen molar-refractivity contribution in [2.24, 2.45) is 5.92 Å². The van der Waals surface area contributed by atoms with Crippen LogP contribution in [0.15, 0.2) is 82.2 Å². The first-order valence-electron chi connectivity index (χ1n) is 10.7. The molecule has 3 aromatic carbocycles. The molecule has 1 fully saturated rings. The molecular weight excluding hydrogens is 540 g/mol. The summed E-state index contributed by atoms with van der Waals surface area (Å²) in [5, 5.41) is 3.25. The largest absolute Gasteiger partial charge is 0.325 e. The van der Waals surface area contributed by atoms with Crippen LogP contribution in [-0.2, 0) is 14.8 Å². The van der Waals surface area contributed by atoms with Gasteiger partial charge in [-0.2, -0.15) is 4.31 Å². The quantitative estimate of drug-likeness (QED) is 0.410. The molecule has 0 radical (unpaired) electrons. The number of hydrogen-bond acceptors (Lipinski definition) is 4. The number of ketones is 1. The molecule has 1 heterocycles. The zero-order chi connectivity index (χ0) is 24.3. The van der Waals surface area contributed by atoms with Gasteiger partial charge in [0.25, 0.3) is 0 Å². The SMILES string of the molecule is O=C(c1ccccc1)c1cc(Cl)ccc1NC(=O)C1CCN(S(=O)(=O)c2ccc(Br)cc2)CC1. The highest BCUT2D eigenvalue weighted by atomic mass is 79.9. The third kappa shape index (κ3) is 5.41. The zero-order valence-corrected chi connectivity index (χ0v) is 21.2. The molecule has 176 valence electrons. The number of rotatable bonds is 6. The molecule has 0 aliphatic carbocycles. The average molecular weight is 562 g/mol. The van der Waals surface area contributed by atoms with E-state index in [1.165, 1.54) is 4.31 Å². The van der Waals surface area contributed by atoms with Gasteiger partial charge in [-0.25, -0.2) is 8.42 Å². The number of carbonyl (C=O) groups excluding carboxylic acids is 2. The molecule has 0 unspecified atom stereocenters. The lowest BCUT2D eigenvalue weighted by atomic mass is 9.96. The Morgan fingerprint density at radius 3 is 2.24 bits per heavy atom. The molecule has 34 heavy (non-hydrogen) atoms. The fraction of sp³-hybridized carbons (Fsp3) is 0.200. The predicted octanol–water partition coefficient (Wildman–Crippen LogP) is 5.37. The fourth-order valence-corrected chi connectivity index (χ4v) is 5.81. The van der Waals surface area contributed by atoms with Crippen LogP contribution in [0.5, 0.6) is 0 Å². The molecule has 1 amide bonds. The normalized spacial score (nSPS) is 15.1. The van der Waals surface area contributed by atoms with Crippen molar-refractivity contribution in [3.05, 3.63) is 93.4 Å². The van der Waals surface area contributed by atoms with Gasteiger partial charge in [-0.3, -0.25) is 9.59 Å². The molecule has 4 rings (SSSR count). The second kappa shape index (κ2) is 10.4. The van der Waals surface area contributed by atoms with Crippen molar-refractivity contribution >= 4 is 54.9 Å². The van der Waals surface area contributed by atoms with Crippen molar-refractivity contribution in [2.75, 3.05) is 18.4 Å². The summed E-state index contributed by atoms with van der Waals surface area (Å²) in [5.41, 5.74) is 1.18. The smallest absolute Gasteiger partial charge is 0.243 e. The molecule has 0 aromatic heterocycles. The lowest BCUT2D eigenvalue weighted by Crippen LogP contribution is -2.41. The van der Waals surface area contributed by atoms with Gasteiger partial charge < -0.3 is 5.32 Å². The average Bonchev–Trinajstić information content (AvgIpc) is 2.85. The molecular formula is C25H22BrClN2O4S. The third-order valence-electron chi connectivity index (χ3n) is 5.80. The van der Waals surface area contributed by atoms with Crippen molar-refractivity contribution in [1.29, 1.82) is 0 Å². The maximum atomic E-state index is 13.0. The van der Waals surface area contributed by atoms with Crippen LogP contribution in [0.4, 0.5) is 5.69 Å². The number of anilines is 1. The minimum absolute atomic E-state index is 0.226. The van der Waals surface area contributed by atoms with Crippen molar-refractivity contribution < 1.29 is 18.0 Å². The molecule has 3 aromatic rings. The van der Waals surface area contributed by atoms with Gasteiger partial charge in [0.2, 0.25) is 15.9 Å². The number of amides is 1. The number of halogens is 2. The second-order valence-corrected chi connectivity index (χ2v) is 11.3. The lowest BCUT2D eigenvalue weighted by Gasteiger charge is -2.30.